The Morgan fingerprint density at radius 2 is 2.04 bits per heavy atom. The number of nitrogens with zero attached hydrogens (tertiary/aromatic N) is 1. The second kappa shape index (κ2) is 9.20. The second-order valence-electron chi connectivity index (χ2n) is 6.95. The summed E-state index contributed by atoms with van der Waals surface area (Å²) in [6, 6.07) is 8.44. The van der Waals surface area contributed by atoms with Gasteiger partial charge in [0.25, 0.3) is 5.91 Å². The van der Waals surface area contributed by atoms with E-state index in [9.17, 15) is 4.79 Å². The lowest BCUT2D eigenvalue weighted by Crippen LogP contribution is -2.51. The monoisotopic (exact) mass is 346 g/mol. The Kier molecular flexibility index (Phi) is 6.70. The average molecular weight is 346 g/mol. The standard InChI is InChI=1S/C20H30N2O3/c1-2-24-18-7-5-16(6-8-18)3-4-17-9-12-22(13-10-17)20(23)19-15-21-11-14-25-19/h5-8,17,19,21H,2-4,9-15H2,1H3. The molecule has 25 heavy (non-hydrogen) atoms. The lowest BCUT2D eigenvalue weighted by molar-refractivity contribution is -0.146. The quantitative estimate of drug-likeness (QED) is 0.858. The van der Waals surface area contributed by atoms with E-state index >= 15 is 0 Å². The highest BCUT2D eigenvalue weighted by atomic mass is 16.5. The Balaban J connectivity index is 1.39. The van der Waals surface area contributed by atoms with Gasteiger partial charge in [-0.3, -0.25) is 4.79 Å². The first-order valence-corrected chi connectivity index (χ1v) is 9.59. The molecule has 2 saturated heterocycles. The van der Waals surface area contributed by atoms with Crippen LogP contribution in [0.3, 0.4) is 0 Å². The van der Waals surface area contributed by atoms with Gasteiger partial charge in [0.15, 0.2) is 0 Å². The van der Waals surface area contributed by atoms with Gasteiger partial charge in [0.05, 0.1) is 13.2 Å². The second-order valence-corrected chi connectivity index (χ2v) is 6.95. The van der Waals surface area contributed by atoms with Crippen LogP contribution in [0.4, 0.5) is 0 Å². The molecule has 1 aromatic rings. The molecule has 2 heterocycles. The number of hydrogen-bond donors (Lipinski definition) is 1. The lowest BCUT2D eigenvalue weighted by atomic mass is 9.90. The van der Waals surface area contributed by atoms with Gasteiger partial charge in [-0.1, -0.05) is 12.1 Å². The fourth-order valence-electron chi connectivity index (χ4n) is 3.66. The predicted molar refractivity (Wildman–Crippen MR) is 97.8 cm³/mol. The molecule has 5 nitrogen and oxygen atoms in total. The first-order chi connectivity index (χ1) is 12.3. The van der Waals surface area contributed by atoms with Crippen molar-refractivity contribution in [1.29, 1.82) is 0 Å². The van der Waals surface area contributed by atoms with E-state index in [1.165, 1.54) is 12.0 Å². The van der Waals surface area contributed by atoms with Crippen LogP contribution in [0.25, 0.3) is 0 Å². The van der Waals surface area contributed by atoms with Gasteiger partial charge in [-0.05, 0) is 56.2 Å². The minimum atomic E-state index is -0.283. The highest BCUT2D eigenvalue weighted by Gasteiger charge is 2.29. The van der Waals surface area contributed by atoms with E-state index in [1.807, 2.05) is 11.8 Å². The van der Waals surface area contributed by atoms with Crippen molar-refractivity contribution in [2.75, 3.05) is 39.4 Å². The van der Waals surface area contributed by atoms with Gasteiger partial charge in [-0.2, -0.15) is 0 Å². The molecule has 0 aromatic heterocycles. The third-order valence-corrected chi connectivity index (χ3v) is 5.20. The van der Waals surface area contributed by atoms with Crippen molar-refractivity contribution < 1.29 is 14.3 Å². The van der Waals surface area contributed by atoms with Crippen molar-refractivity contribution in [3.8, 4) is 5.75 Å². The number of aryl methyl sites for hydroxylation is 1. The number of morpholine rings is 1. The number of benzene rings is 1. The van der Waals surface area contributed by atoms with Crippen molar-refractivity contribution in [2.45, 2.75) is 38.7 Å². The fourth-order valence-corrected chi connectivity index (χ4v) is 3.66. The minimum absolute atomic E-state index is 0.164. The van der Waals surface area contributed by atoms with Crippen LogP contribution >= 0.6 is 0 Å². The van der Waals surface area contributed by atoms with Crippen molar-refractivity contribution in [3.63, 3.8) is 0 Å². The highest BCUT2D eigenvalue weighted by molar-refractivity contribution is 5.81. The van der Waals surface area contributed by atoms with Crippen LogP contribution < -0.4 is 10.1 Å². The van der Waals surface area contributed by atoms with Gasteiger partial charge in [-0.15, -0.1) is 0 Å². The van der Waals surface area contributed by atoms with Crippen molar-refractivity contribution in [2.24, 2.45) is 5.92 Å². The van der Waals surface area contributed by atoms with Gasteiger partial charge in [0, 0.05) is 26.2 Å². The number of likely N-dealkylation sites (tertiary alicyclic amines) is 1. The third-order valence-electron chi connectivity index (χ3n) is 5.20. The Morgan fingerprint density at radius 3 is 2.68 bits per heavy atom. The van der Waals surface area contributed by atoms with E-state index in [0.717, 1.165) is 44.6 Å². The number of carbonyl (C=O) groups is 1. The summed E-state index contributed by atoms with van der Waals surface area (Å²) in [5.74, 6) is 1.82. The number of nitrogens with one attached hydrogen (secondary N) is 1. The topological polar surface area (TPSA) is 50.8 Å². The zero-order chi connectivity index (χ0) is 17.5. The number of carbonyl (C=O) groups excluding carboxylic acids is 1. The van der Waals surface area contributed by atoms with E-state index in [0.29, 0.717) is 25.7 Å². The maximum absolute atomic E-state index is 12.5. The summed E-state index contributed by atoms with van der Waals surface area (Å²) in [6.45, 7) is 6.57. The van der Waals surface area contributed by atoms with Gasteiger partial charge in [-0.25, -0.2) is 0 Å². The summed E-state index contributed by atoms with van der Waals surface area (Å²) in [5.41, 5.74) is 1.36. The van der Waals surface area contributed by atoms with Crippen molar-refractivity contribution >= 4 is 5.91 Å². The minimum Gasteiger partial charge on any atom is -0.494 e. The molecule has 1 unspecified atom stereocenters. The molecule has 0 spiro atoms. The van der Waals surface area contributed by atoms with Crippen molar-refractivity contribution in [1.82, 2.24) is 10.2 Å². The molecule has 1 amide bonds. The number of amides is 1. The molecule has 1 N–H and O–H groups in total. The highest BCUT2D eigenvalue weighted by Crippen LogP contribution is 2.24. The Morgan fingerprint density at radius 1 is 1.28 bits per heavy atom. The molecule has 5 heteroatoms. The van der Waals surface area contributed by atoms with Crippen LogP contribution in [0.15, 0.2) is 24.3 Å². The molecule has 2 fully saturated rings. The van der Waals surface area contributed by atoms with E-state index in [-0.39, 0.29) is 12.0 Å². The lowest BCUT2D eigenvalue weighted by Gasteiger charge is -2.35. The molecule has 2 aliphatic heterocycles. The van der Waals surface area contributed by atoms with Gasteiger partial charge in [0.1, 0.15) is 11.9 Å². The molecule has 2 aliphatic rings. The predicted octanol–water partition coefficient (Wildman–Crippen LogP) is 2.24. The molecule has 0 saturated carbocycles. The Labute approximate surface area is 150 Å². The van der Waals surface area contributed by atoms with Gasteiger partial charge >= 0.3 is 0 Å². The van der Waals surface area contributed by atoms with E-state index in [4.69, 9.17) is 9.47 Å². The number of piperidine rings is 1. The maximum Gasteiger partial charge on any atom is 0.253 e. The van der Waals surface area contributed by atoms with E-state index in [2.05, 4.69) is 29.6 Å². The van der Waals surface area contributed by atoms with E-state index in [1.54, 1.807) is 0 Å². The number of hydrogen-bond acceptors (Lipinski definition) is 4. The van der Waals surface area contributed by atoms with Crippen LogP contribution in [0, 0.1) is 5.92 Å². The molecule has 0 radical (unpaired) electrons. The normalized spacial score (nSPS) is 22.0. The largest absolute Gasteiger partial charge is 0.494 e. The average Bonchev–Trinajstić information content (AvgIpc) is 2.68. The molecule has 0 aliphatic carbocycles. The summed E-state index contributed by atoms with van der Waals surface area (Å²) >= 11 is 0. The molecule has 1 atom stereocenters. The van der Waals surface area contributed by atoms with Crippen LogP contribution in [-0.4, -0.2) is 56.3 Å². The zero-order valence-corrected chi connectivity index (χ0v) is 15.2. The van der Waals surface area contributed by atoms with Gasteiger partial charge in [0.2, 0.25) is 0 Å². The fraction of sp³-hybridized carbons (Fsp3) is 0.650. The smallest absolute Gasteiger partial charge is 0.253 e. The maximum atomic E-state index is 12.5. The van der Waals surface area contributed by atoms with Crippen LogP contribution in [0.5, 0.6) is 5.75 Å². The van der Waals surface area contributed by atoms with Crippen LogP contribution in [0.1, 0.15) is 31.7 Å². The first-order valence-electron chi connectivity index (χ1n) is 9.59. The molecular weight excluding hydrogens is 316 g/mol. The van der Waals surface area contributed by atoms with E-state index < -0.39 is 0 Å². The summed E-state index contributed by atoms with van der Waals surface area (Å²) in [5, 5.41) is 3.23. The Hall–Kier alpha value is -1.59. The molecular formula is C20H30N2O3. The molecule has 3 rings (SSSR count). The molecule has 138 valence electrons. The summed E-state index contributed by atoms with van der Waals surface area (Å²) in [4.78, 5) is 14.5. The van der Waals surface area contributed by atoms with Crippen molar-refractivity contribution in [3.05, 3.63) is 29.8 Å². The zero-order valence-electron chi connectivity index (χ0n) is 15.2. The van der Waals surface area contributed by atoms with Crippen LogP contribution in [0.2, 0.25) is 0 Å². The number of rotatable bonds is 6. The van der Waals surface area contributed by atoms with Crippen LogP contribution in [-0.2, 0) is 16.0 Å². The molecule has 1 aromatic carbocycles. The number of ether oxygens (including phenoxy) is 2. The Bertz CT molecular complexity index is 532. The summed E-state index contributed by atoms with van der Waals surface area (Å²) in [6.07, 6.45) is 4.21. The SMILES string of the molecule is CCOc1ccc(CCC2CCN(C(=O)C3CNCCO3)CC2)cc1. The third kappa shape index (κ3) is 5.19. The van der Waals surface area contributed by atoms with Gasteiger partial charge < -0.3 is 19.7 Å². The summed E-state index contributed by atoms with van der Waals surface area (Å²) < 4.78 is 11.1. The summed E-state index contributed by atoms with van der Waals surface area (Å²) in [7, 11) is 0. The molecule has 0 bridgehead atoms. The first kappa shape index (κ1) is 18.2.